The number of ether oxygens (including phenoxy) is 3. The Morgan fingerprint density at radius 3 is 2.20 bits per heavy atom. The van der Waals surface area contributed by atoms with Crippen molar-refractivity contribution in [3.05, 3.63) is 94.6 Å². The van der Waals surface area contributed by atoms with E-state index in [0.29, 0.717) is 27.8 Å². The van der Waals surface area contributed by atoms with Gasteiger partial charge >= 0.3 is 17.9 Å². The van der Waals surface area contributed by atoms with Crippen LogP contribution in [-0.4, -0.2) is 75.8 Å². The Balaban J connectivity index is 1.35. The highest BCUT2D eigenvalue weighted by Gasteiger charge is 2.70. The lowest BCUT2D eigenvalue weighted by atomic mass is 9.51. The fraction of sp³-hybridized carbons (Fsp3) is 0.500. The molecule has 2 bridgehead atoms. The second-order valence-corrected chi connectivity index (χ2v) is 15.1. The second kappa shape index (κ2) is 13.7. The van der Waals surface area contributed by atoms with E-state index >= 15 is 0 Å². The van der Waals surface area contributed by atoms with E-state index in [2.05, 4.69) is 5.32 Å². The summed E-state index contributed by atoms with van der Waals surface area (Å²) >= 11 is 0. The van der Waals surface area contributed by atoms with Gasteiger partial charge in [0.2, 0.25) is 0 Å². The van der Waals surface area contributed by atoms with Crippen molar-refractivity contribution >= 4 is 23.8 Å². The topological polar surface area (TPSA) is 169 Å². The SMILES string of the molecule is CC(=O)OCC1C2C[C@]3(O)C[C@H](OC(=O)CC(NC(=O)c4ccccc4)c4ccccc4)C(C)=C([C@@H](OC(C)=O)C4=C[C@]42[C@@H](O)C[C@@H]1O)C3(C)C. The molecule has 2 aromatic rings. The molecule has 4 aliphatic rings. The van der Waals surface area contributed by atoms with Gasteiger partial charge in [0.05, 0.1) is 36.9 Å². The van der Waals surface area contributed by atoms with Gasteiger partial charge in [-0.1, -0.05) is 68.5 Å². The van der Waals surface area contributed by atoms with E-state index in [1.807, 2.05) is 56.3 Å². The number of rotatable bonds is 9. The summed E-state index contributed by atoms with van der Waals surface area (Å²) in [6.07, 6.45) is -2.23. The maximum Gasteiger partial charge on any atom is 0.308 e. The summed E-state index contributed by atoms with van der Waals surface area (Å²) in [6.45, 7) is 7.97. The van der Waals surface area contributed by atoms with Crippen molar-refractivity contribution in [2.75, 3.05) is 6.61 Å². The molecule has 11 heteroatoms. The molecule has 0 aromatic heterocycles. The number of esters is 3. The Bertz CT molecular complexity index is 1750. The minimum absolute atomic E-state index is 0.0126. The Kier molecular flexibility index (Phi) is 9.77. The largest absolute Gasteiger partial charge is 0.465 e. The van der Waals surface area contributed by atoms with Gasteiger partial charge in [-0.15, -0.1) is 0 Å². The molecule has 51 heavy (non-hydrogen) atoms. The number of nitrogens with one attached hydrogen (secondary N) is 1. The van der Waals surface area contributed by atoms with E-state index in [4.69, 9.17) is 14.2 Å². The Morgan fingerprint density at radius 1 is 0.922 bits per heavy atom. The van der Waals surface area contributed by atoms with Crippen LogP contribution < -0.4 is 5.32 Å². The fourth-order valence-corrected chi connectivity index (χ4v) is 8.95. The quantitative estimate of drug-likeness (QED) is 0.170. The van der Waals surface area contributed by atoms with Gasteiger partial charge in [0.25, 0.3) is 5.91 Å². The molecule has 0 heterocycles. The van der Waals surface area contributed by atoms with Gasteiger partial charge in [-0.05, 0) is 53.7 Å². The van der Waals surface area contributed by atoms with Gasteiger partial charge in [-0.2, -0.15) is 0 Å². The predicted molar refractivity (Wildman–Crippen MR) is 185 cm³/mol. The lowest BCUT2D eigenvalue weighted by Crippen LogP contribution is -2.62. The zero-order chi connectivity index (χ0) is 36.9. The van der Waals surface area contributed by atoms with E-state index in [9.17, 15) is 34.5 Å². The summed E-state index contributed by atoms with van der Waals surface area (Å²) in [4.78, 5) is 51.6. The predicted octanol–water partition coefficient (Wildman–Crippen LogP) is 4.12. The van der Waals surface area contributed by atoms with E-state index in [1.165, 1.54) is 13.8 Å². The van der Waals surface area contributed by atoms with Crippen LogP contribution in [0.3, 0.4) is 0 Å². The third-order valence-corrected chi connectivity index (χ3v) is 11.8. The first kappa shape index (κ1) is 36.5. The molecular weight excluding hydrogens is 654 g/mol. The van der Waals surface area contributed by atoms with Gasteiger partial charge < -0.3 is 34.8 Å². The average molecular weight is 702 g/mol. The number of aliphatic hydroxyl groups is 3. The smallest absolute Gasteiger partial charge is 0.308 e. The molecule has 4 N–H and O–H groups in total. The highest BCUT2D eigenvalue weighted by molar-refractivity contribution is 5.94. The molecule has 6 rings (SSSR count). The van der Waals surface area contributed by atoms with E-state index in [-0.39, 0.29) is 38.2 Å². The van der Waals surface area contributed by atoms with Crippen molar-refractivity contribution in [2.24, 2.45) is 22.7 Å². The first-order valence-corrected chi connectivity index (χ1v) is 17.5. The van der Waals surface area contributed by atoms with Crippen LogP contribution in [0.25, 0.3) is 0 Å². The van der Waals surface area contributed by atoms with Gasteiger partial charge in [0.15, 0.2) is 0 Å². The molecule has 0 saturated heterocycles. The standard InChI is InChI=1S/C40H47NO10/c1-22-32(51-34(46)16-30(25-12-8-6-9-13-25)41-37(47)26-14-10-7-11-15-26)20-39(48)18-28-27(21-49-23(2)42)31(44)17-33(45)40(28)19-29(40)36(50-24(3)43)35(22)38(39,4)5/h6-15,19,27-28,30-33,36,44-45,48H,16-18,20-21H2,1-5H3,(H,41,47)/t27?,28?,30?,31-,32-,33-,36-,39-,40+/m0/s1. The summed E-state index contributed by atoms with van der Waals surface area (Å²) in [6, 6.07) is 17.1. The summed E-state index contributed by atoms with van der Waals surface area (Å²) in [7, 11) is 0. The third kappa shape index (κ3) is 6.63. The first-order valence-electron chi connectivity index (χ1n) is 17.5. The van der Waals surface area contributed by atoms with Crippen LogP contribution >= 0.6 is 0 Å². The van der Waals surface area contributed by atoms with Gasteiger partial charge in [0.1, 0.15) is 12.2 Å². The molecule has 0 radical (unpaired) electrons. The molecule has 2 saturated carbocycles. The van der Waals surface area contributed by atoms with Crippen LogP contribution in [0.5, 0.6) is 0 Å². The Labute approximate surface area is 297 Å². The molecule has 4 aliphatic carbocycles. The summed E-state index contributed by atoms with van der Waals surface area (Å²) in [5, 5.41) is 38.5. The van der Waals surface area contributed by atoms with Crippen LogP contribution in [0.1, 0.15) is 82.3 Å². The molecule has 2 fully saturated rings. The number of hydrogen-bond acceptors (Lipinski definition) is 10. The number of carbonyl (C=O) groups excluding carboxylic acids is 4. The van der Waals surface area contributed by atoms with Crippen LogP contribution in [0.4, 0.5) is 0 Å². The maximum atomic E-state index is 13.9. The molecule has 1 spiro atoms. The zero-order valence-electron chi connectivity index (χ0n) is 29.6. The zero-order valence-corrected chi connectivity index (χ0v) is 29.6. The van der Waals surface area contributed by atoms with Crippen molar-refractivity contribution in [2.45, 2.75) is 96.4 Å². The first-order chi connectivity index (χ1) is 24.1. The highest BCUT2D eigenvalue weighted by atomic mass is 16.6. The van der Waals surface area contributed by atoms with Crippen molar-refractivity contribution < 1.29 is 48.7 Å². The van der Waals surface area contributed by atoms with Crippen LogP contribution in [-0.2, 0) is 28.6 Å². The Morgan fingerprint density at radius 2 is 1.57 bits per heavy atom. The van der Waals surface area contributed by atoms with Crippen molar-refractivity contribution in [3.8, 4) is 0 Å². The number of aliphatic hydroxyl groups excluding tert-OH is 2. The highest BCUT2D eigenvalue weighted by Crippen LogP contribution is 2.69. The molecular formula is C40H47NO10. The second-order valence-electron chi connectivity index (χ2n) is 15.1. The van der Waals surface area contributed by atoms with Crippen LogP contribution in [0.2, 0.25) is 0 Å². The number of benzene rings is 2. The molecule has 0 aliphatic heterocycles. The normalized spacial score (nSPS) is 32.4. The Hall–Kier alpha value is -4.32. The molecule has 272 valence electrons. The van der Waals surface area contributed by atoms with Crippen LogP contribution in [0.15, 0.2) is 83.5 Å². The van der Waals surface area contributed by atoms with Crippen molar-refractivity contribution in [1.82, 2.24) is 5.32 Å². The van der Waals surface area contributed by atoms with Gasteiger partial charge in [-0.25, -0.2) is 0 Å². The van der Waals surface area contributed by atoms with Gasteiger partial charge in [0, 0.05) is 49.0 Å². The van der Waals surface area contributed by atoms with Crippen molar-refractivity contribution in [1.29, 1.82) is 0 Å². The fourth-order valence-electron chi connectivity index (χ4n) is 8.95. The molecule has 1 amide bonds. The van der Waals surface area contributed by atoms with Crippen LogP contribution in [0, 0.1) is 22.7 Å². The summed E-state index contributed by atoms with van der Waals surface area (Å²) < 4.78 is 17.6. The number of carbonyl (C=O) groups is 4. The van der Waals surface area contributed by atoms with E-state index in [0.717, 1.165) is 0 Å². The summed E-state index contributed by atoms with van der Waals surface area (Å²) in [5.74, 6) is -3.29. The lowest BCUT2D eigenvalue weighted by Gasteiger charge is -2.58. The lowest BCUT2D eigenvalue weighted by molar-refractivity contribution is -0.178. The monoisotopic (exact) mass is 701 g/mol. The number of hydrogen-bond donors (Lipinski definition) is 4. The average Bonchev–Trinajstić information content (AvgIpc) is 3.82. The molecule has 9 atom stereocenters. The number of fused-ring (bicyclic) bond motifs is 2. The minimum Gasteiger partial charge on any atom is -0.465 e. The van der Waals surface area contributed by atoms with E-state index in [1.54, 1.807) is 31.2 Å². The number of amides is 1. The van der Waals surface area contributed by atoms with E-state index < -0.39 is 76.6 Å². The molecule has 2 aromatic carbocycles. The van der Waals surface area contributed by atoms with Crippen molar-refractivity contribution in [3.63, 3.8) is 0 Å². The van der Waals surface area contributed by atoms with Gasteiger partial charge in [-0.3, -0.25) is 19.2 Å². The summed E-state index contributed by atoms with van der Waals surface area (Å²) in [5.41, 5.74) is -0.599. The maximum absolute atomic E-state index is 13.9. The molecule has 11 nitrogen and oxygen atoms in total. The minimum atomic E-state index is -1.59. The molecule has 3 unspecified atom stereocenters. The third-order valence-electron chi connectivity index (χ3n) is 11.8.